The number of fused-ring (bicyclic) bond motifs is 1. The number of rotatable bonds is 8. The lowest BCUT2D eigenvalue weighted by Crippen LogP contribution is -2.31. The molecule has 0 fully saturated rings. The summed E-state index contributed by atoms with van der Waals surface area (Å²) in [5.41, 5.74) is 0.529. The zero-order chi connectivity index (χ0) is 21.1. The molecule has 0 bridgehead atoms. The number of nitrogens with one attached hydrogen (secondary N) is 2. The average molecular weight is 401 g/mol. The van der Waals surface area contributed by atoms with Crippen molar-refractivity contribution in [1.82, 2.24) is 19.1 Å². The number of aryl methyl sites for hydroxylation is 2. The maximum atomic E-state index is 12.5. The number of aliphatic hydroxyl groups excluding tert-OH is 1. The Hall–Kier alpha value is -3.07. The molecular weight excluding hydrogens is 374 g/mol. The van der Waals surface area contributed by atoms with Crippen molar-refractivity contribution in [3.05, 3.63) is 50.7 Å². The molecule has 29 heavy (non-hydrogen) atoms. The first-order valence-electron chi connectivity index (χ1n) is 9.63. The first-order chi connectivity index (χ1) is 13.8. The molecule has 9 nitrogen and oxygen atoms in total. The van der Waals surface area contributed by atoms with Crippen molar-refractivity contribution in [1.29, 1.82) is 0 Å². The molecule has 0 spiro atoms. The van der Waals surface area contributed by atoms with E-state index in [0.717, 1.165) is 12.0 Å². The van der Waals surface area contributed by atoms with E-state index in [-0.39, 0.29) is 30.4 Å². The molecule has 0 saturated heterocycles. The highest BCUT2D eigenvalue weighted by Gasteiger charge is 2.20. The monoisotopic (exact) mass is 401 g/mol. The summed E-state index contributed by atoms with van der Waals surface area (Å²) in [6.07, 6.45) is -0.0415. The van der Waals surface area contributed by atoms with Crippen LogP contribution in [0.4, 0.5) is 5.95 Å². The fourth-order valence-corrected chi connectivity index (χ4v) is 2.94. The Morgan fingerprint density at radius 1 is 1.28 bits per heavy atom. The van der Waals surface area contributed by atoms with Gasteiger partial charge in [0.05, 0.1) is 6.54 Å². The molecule has 2 atom stereocenters. The maximum Gasteiger partial charge on any atom is 0.329 e. The first-order valence-corrected chi connectivity index (χ1v) is 9.63. The van der Waals surface area contributed by atoms with Gasteiger partial charge in [0.2, 0.25) is 5.95 Å². The Morgan fingerprint density at radius 2 is 1.97 bits per heavy atom. The van der Waals surface area contributed by atoms with Gasteiger partial charge in [-0.25, -0.2) is 4.79 Å². The number of aromatic amines is 1. The van der Waals surface area contributed by atoms with Crippen LogP contribution in [0.15, 0.2) is 33.9 Å². The minimum Gasteiger partial charge on any atom is -0.491 e. The smallest absolute Gasteiger partial charge is 0.329 e. The van der Waals surface area contributed by atoms with E-state index in [4.69, 9.17) is 4.74 Å². The second-order valence-electron chi connectivity index (χ2n) is 7.27. The number of ether oxygens (including phenoxy) is 1. The van der Waals surface area contributed by atoms with Crippen LogP contribution in [-0.2, 0) is 13.6 Å². The lowest BCUT2D eigenvalue weighted by Gasteiger charge is -2.17. The molecule has 9 heteroatoms. The first kappa shape index (κ1) is 20.7. The van der Waals surface area contributed by atoms with Crippen LogP contribution in [0, 0.1) is 6.92 Å². The zero-order valence-electron chi connectivity index (χ0n) is 17.1. The van der Waals surface area contributed by atoms with Gasteiger partial charge >= 0.3 is 5.69 Å². The van der Waals surface area contributed by atoms with E-state index >= 15 is 0 Å². The zero-order valence-corrected chi connectivity index (χ0v) is 17.1. The number of benzene rings is 1. The summed E-state index contributed by atoms with van der Waals surface area (Å²) in [6, 6.07) is 7.64. The Balaban J connectivity index is 1.90. The van der Waals surface area contributed by atoms with Crippen molar-refractivity contribution in [2.24, 2.45) is 7.05 Å². The fourth-order valence-electron chi connectivity index (χ4n) is 2.94. The quantitative estimate of drug-likeness (QED) is 0.525. The lowest BCUT2D eigenvalue weighted by molar-refractivity contribution is 0.0938. The highest BCUT2D eigenvalue weighted by molar-refractivity contribution is 5.74. The van der Waals surface area contributed by atoms with Gasteiger partial charge in [-0.05, 0) is 32.4 Å². The van der Waals surface area contributed by atoms with Crippen LogP contribution in [0.2, 0.25) is 0 Å². The third-order valence-corrected chi connectivity index (χ3v) is 4.85. The Labute approximate surface area is 168 Å². The number of aliphatic hydroxyl groups is 1. The third kappa shape index (κ3) is 4.51. The number of nitrogens with zero attached hydrogens (tertiary/aromatic N) is 3. The van der Waals surface area contributed by atoms with Gasteiger partial charge < -0.3 is 19.7 Å². The van der Waals surface area contributed by atoms with Crippen LogP contribution in [-0.4, -0.2) is 43.0 Å². The highest BCUT2D eigenvalue weighted by atomic mass is 16.5. The summed E-state index contributed by atoms with van der Waals surface area (Å²) in [5, 5.41) is 13.8. The number of H-pyrrole nitrogens is 1. The van der Waals surface area contributed by atoms with Crippen molar-refractivity contribution in [2.45, 2.75) is 45.9 Å². The minimum atomic E-state index is -0.886. The van der Waals surface area contributed by atoms with E-state index in [0.29, 0.717) is 11.7 Å². The van der Waals surface area contributed by atoms with E-state index in [2.05, 4.69) is 15.3 Å². The van der Waals surface area contributed by atoms with Gasteiger partial charge in [0.1, 0.15) is 18.5 Å². The fraction of sp³-hybridized carbons (Fsp3) is 0.450. The van der Waals surface area contributed by atoms with Gasteiger partial charge in [-0.3, -0.25) is 14.3 Å². The molecule has 3 aromatic rings. The standard InChI is InChI=1S/C20H27N5O4/c1-5-13(3)21-19-22-17-16(18(27)23-20(28)24(17)4)25(19)10-14(26)11-29-15-8-6-12(2)7-9-15/h6-9,13-14,26H,5,10-11H2,1-4H3,(H,21,22)(H,23,27,28)/t13-,14+/m1/s1. The predicted octanol–water partition coefficient (Wildman–Crippen LogP) is 1.38. The van der Waals surface area contributed by atoms with Gasteiger partial charge in [0.15, 0.2) is 11.2 Å². The van der Waals surface area contributed by atoms with Crippen LogP contribution in [0.1, 0.15) is 25.8 Å². The molecule has 0 amide bonds. The molecule has 0 saturated carbocycles. The molecule has 0 radical (unpaired) electrons. The van der Waals surface area contributed by atoms with Crippen molar-refractivity contribution >= 4 is 17.1 Å². The van der Waals surface area contributed by atoms with Gasteiger partial charge in [-0.2, -0.15) is 4.98 Å². The van der Waals surface area contributed by atoms with Crippen molar-refractivity contribution in [3.63, 3.8) is 0 Å². The SMILES string of the molecule is CC[C@@H](C)Nc1nc2c(c(=O)[nH]c(=O)n2C)n1C[C@H](O)COc1ccc(C)cc1. The number of aromatic nitrogens is 4. The molecule has 3 rings (SSSR count). The number of hydrogen-bond acceptors (Lipinski definition) is 6. The van der Waals surface area contributed by atoms with Gasteiger partial charge in [-0.1, -0.05) is 24.6 Å². The van der Waals surface area contributed by atoms with Gasteiger partial charge in [-0.15, -0.1) is 0 Å². The molecule has 0 aliphatic rings. The topological polar surface area (TPSA) is 114 Å². The van der Waals surface area contributed by atoms with Crippen molar-refractivity contribution in [2.75, 3.05) is 11.9 Å². The van der Waals surface area contributed by atoms with E-state index < -0.39 is 17.4 Å². The van der Waals surface area contributed by atoms with Crippen LogP contribution in [0.3, 0.4) is 0 Å². The van der Waals surface area contributed by atoms with E-state index in [1.165, 1.54) is 4.57 Å². The normalized spacial score (nSPS) is 13.4. The Morgan fingerprint density at radius 3 is 2.62 bits per heavy atom. The number of imidazole rings is 1. The second-order valence-corrected chi connectivity index (χ2v) is 7.27. The Kier molecular flexibility index (Phi) is 6.07. The van der Waals surface area contributed by atoms with E-state index in [1.807, 2.05) is 45.0 Å². The molecule has 2 aromatic heterocycles. The maximum absolute atomic E-state index is 12.5. The Bertz CT molecular complexity index is 1100. The molecule has 0 aliphatic carbocycles. The predicted molar refractivity (Wildman–Crippen MR) is 112 cm³/mol. The summed E-state index contributed by atoms with van der Waals surface area (Å²) in [4.78, 5) is 31.1. The van der Waals surface area contributed by atoms with Crippen molar-refractivity contribution in [3.8, 4) is 5.75 Å². The number of anilines is 1. The summed E-state index contributed by atoms with van der Waals surface area (Å²) >= 11 is 0. The summed E-state index contributed by atoms with van der Waals surface area (Å²) in [7, 11) is 1.54. The largest absolute Gasteiger partial charge is 0.491 e. The number of hydrogen-bond donors (Lipinski definition) is 3. The van der Waals surface area contributed by atoms with Crippen LogP contribution in [0.5, 0.6) is 5.75 Å². The van der Waals surface area contributed by atoms with Crippen LogP contribution < -0.4 is 21.3 Å². The van der Waals surface area contributed by atoms with Crippen molar-refractivity contribution < 1.29 is 9.84 Å². The summed E-state index contributed by atoms with van der Waals surface area (Å²) < 4.78 is 8.54. The molecule has 3 N–H and O–H groups in total. The molecule has 1 aromatic carbocycles. The van der Waals surface area contributed by atoms with Gasteiger partial charge in [0.25, 0.3) is 5.56 Å². The molecule has 0 aliphatic heterocycles. The average Bonchev–Trinajstić information content (AvgIpc) is 3.04. The molecular formula is C20H27N5O4. The van der Waals surface area contributed by atoms with E-state index in [9.17, 15) is 14.7 Å². The highest BCUT2D eigenvalue weighted by Crippen LogP contribution is 2.18. The van der Waals surface area contributed by atoms with Crippen LogP contribution >= 0.6 is 0 Å². The van der Waals surface area contributed by atoms with Crippen LogP contribution in [0.25, 0.3) is 11.2 Å². The minimum absolute atomic E-state index is 0.0508. The molecule has 156 valence electrons. The molecule has 0 unspecified atom stereocenters. The summed E-state index contributed by atoms with van der Waals surface area (Å²) in [5.74, 6) is 1.08. The molecule has 2 heterocycles. The third-order valence-electron chi connectivity index (χ3n) is 4.85. The summed E-state index contributed by atoms with van der Waals surface area (Å²) in [6.45, 7) is 6.14. The van der Waals surface area contributed by atoms with Gasteiger partial charge in [0, 0.05) is 13.1 Å². The lowest BCUT2D eigenvalue weighted by atomic mass is 10.2. The second kappa shape index (κ2) is 8.52. The van der Waals surface area contributed by atoms with E-state index in [1.54, 1.807) is 11.6 Å².